The third kappa shape index (κ3) is 9.52. The van der Waals surface area contributed by atoms with Crippen LogP contribution in [0.1, 0.15) is 18.1 Å². The molecule has 0 bridgehead atoms. The van der Waals surface area contributed by atoms with Crippen LogP contribution in [0.3, 0.4) is 0 Å². The minimum absolute atomic E-state index is 0.0604. The summed E-state index contributed by atoms with van der Waals surface area (Å²) in [6, 6.07) is 19.4. The summed E-state index contributed by atoms with van der Waals surface area (Å²) in [5.74, 6) is 0.848. The number of ether oxygens (including phenoxy) is 1. The largest absolute Gasteiger partial charge is 0.460 e. The summed E-state index contributed by atoms with van der Waals surface area (Å²) >= 11 is 5.63. The zero-order chi connectivity index (χ0) is 21.6. The van der Waals surface area contributed by atoms with E-state index in [-0.39, 0.29) is 30.9 Å². The van der Waals surface area contributed by atoms with Gasteiger partial charge < -0.3 is 10.1 Å². The highest BCUT2D eigenvalue weighted by Gasteiger charge is 2.11. The molecule has 30 heavy (non-hydrogen) atoms. The minimum atomic E-state index is -0.310. The summed E-state index contributed by atoms with van der Waals surface area (Å²) in [4.78, 5) is 23.6. The standard InChI is InChI=1S/C23H28N2O3S2/c1-18(26)22(17-29)25-30-13-12-21(14-19-8-4-2-5-9-19)24-15-23(27)28-16-20-10-6-3-7-11-20/h2-12,22,24-25,29H,13-17H2,1H3/b21-12+/t22-/m0/s1. The maximum atomic E-state index is 12.1. The van der Waals surface area contributed by atoms with Crippen LogP contribution >= 0.6 is 24.6 Å². The molecular weight excluding hydrogens is 416 g/mol. The molecular formula is C23H28N2O3S2. The lowest BCUT2D eigenvalue weighted by molar-refractivity contribution is -0.143. The first-order valence-electron chi connectivity index (χ1n) is 9.73. The normalized spacial score (nSPS) is 12.3. The molecule has 0 aromatic heterocycles. The number of hydrogen-bond acceptors (Lipinski definition) is 7. The lowest BCUT2D eigenvalue weighted by atomic mass is 10.1. The number of rotatable bonds is 13. The Hall–Kier alpha value is -2.22. The fourth-order valence-corrected chi connectivity index (χ4v) is 3.84. The predicted octanol–water partition coefficient (Wildman–Crippen LogP) is 3.57. The van der Waals surface area contributed by atoms with Crippen molar-refractivity contribution in [2.45, 2.75) is 26.0 Å². The van der Waals surface area contributed by atoms with E-state index in [4.69, 9.17) is 4.74 Å². The van der Waals surface area contributed by atoms with Gasteiger partial charge in [0.2, 0.25) is 0 Å². The van der Waals surface area contributed by atoms with E-state index in [1.807, 2.05) is 66.7 Å². The maximum absolute atomic E-state index is 12.1. The molecule has 0 fully saturated rings. The van der Waals surface area contributed by atoms with Crippen LogP contribution in [0.2, 0.25) is 0 Å². The molecule has 0 heterocycles. The van der Waals surface area contributed by atoms with Crippen LogP contribution < -0.4 is 10.0 Å². The molecule has 0 saturated carbocycles. The average Bonchev–Trinajstić information content (AvgIpc) is 2.77. The number of carbonyl (C=O) groups is 2. The van der Waals surface area contributed by atoms with Crippen molar-refractivity contribution >= 4 is 36.3 Å². The average molecular weight is 445 g/mol. The Morgan fingerprint density at radius 1 is 1.07 bits per heavy atom. The molecule has 2 rings (SSSR count). The van der Waals surface area contributed by atoms with Gasteiger partial charge in [-0.1, -0.05) is 78.7 Å². The Morgan fingerprint density at radius 3 is 2.30 bits per heavy atom. The summed E-state index contributed by atoms with van der Waals surface area (Å²) in [5, 5.41) is 3.19. The Bertz CT molecular complexity index is 814. The molecule has 0 aliphatic heterocycles. The number of Topliss-reactive ketones (excluding diaryl/α,β-unsaturated/α-hetero) is 1. The Kier molecular flexibility index (Phi) is 11.1. The third-order valence-corrected chi connectivity index (χ3v) is 5.40. The second kappa shape index (κ2) is 13.9. The molecule has 1 atom stereocenters. The van der Waals surface area contributed by atoms with Crippen molar-refractivity contribution in [3.8, 4) is 0 Å². The van der Waals surface area contributed by atoms with E-state index < -0.39 is 0 Å². The van der Waals surface area contributed by atoms with Crippen molar-refractivity contribution < 1.29 is 14.3 Å². The molecule has 0 radical (unpaired) electrons. The third-order valence-electron chi connectivity index (χ3n) is 4.25. The first-order chi connectivity index (χ1) is 14.6. The van der Waals surface area contributed by atoms with Gasteiger partial charge in [-0.2, -0.15) is 12.6 Å². The van der Waals surface area contributed by atoms with Crippen LogP contribution in [-0.2, 0) is 27.4 Å². The first-order valence-corrected chi connectivity index (χ1v) is 11.3. The monoisotopic (exact) mass is 444 g/mol. The Labute approximate surface area is 188 Å². The number of thiol groups is 1. The molecule has 7 heteroatoms. The number of allylic oxidation sites excluding steroid dienone is 1. The second-order valence-corrected chi connectivity index (χ2v) is 7.89. The van der Waals surface area contributed by atoms with E-state index in [0.29, 0.717) is 17.9 Å². The highest BCUT2D eigenvalue weighted by molar-refractivity contribution is 7.97. The fraction of sp³-hybridized carbons (Fsp3) is 0.304. The van der Waals surface area contributed by atoms with Crippen molar-refractivity contribution in [3.63, 3.8) is 0 Å². The summed E-state index contributed by atoms with van der Waals surface area (Å²) in [6.07, 6.45) is 2.70. The molecule has 0 spiro atoms. The molecule has 0 unspecified atom stereocenters. The Morgan fingerprint density at radius 2 is 1.70 bits per heavy atom. The highest BCUT2D eigenvalue weighted by Crippen LogP contribution is 2.08. The van der Waals surface area contributed by atoms with Crippen LogP contribution in [-0.4, -0.2) is 35.8 Å². The van der Waals surface area contributed by atoms with Gasteiger partial charge >= 0.3 is 5.97 Å². The van der Waals surface area contributed by atoms with Crippen LogP contribution in [0.15, 0.2) is 72.4 Å². The van der Waals surface area contributed by atoms with Crippen LogP contribution in [0.25, 0.3) is 0 Å². The molecule has 0 aliphatic carbocycles. The zero-order valence-corrected chi connectivity index (χ0v) is 18.8. The SMILES string of the molecule is CC(=O)[C@H](CS)NSC/C=C(\Cc1ccccc1)NCC(=O)OCc1ccccc1. The van der Waals surface area contributed by atoms with E-state index in [0.717, 1.165) is 16.8 Å². The van der Waals surface area contributed by atoms with Gasteiger partial charge in [-0.05, 0) is 18.1 Å². The number of nitrogens with one attached hydrogen (secondary N) is 2. The van der Waals surface area contributed by atoms with Gasteiger partial charge in [-0.3, -0.25) is 14.3 Å². The van der Waals surface area contributed by atoms with E-state index >= 15 is 0 Å². The lowest BCUT2D eigenvalue weighted by Crippen LogP contribution is -2.32. The van der Waals surface area contributed by atoms with Gasteiger partial charge in [-0.25, -0.2) is 0 Å². The summed E-state index contributed by atoms with van der Waals surface area (Å²) in [5.41, 5.74) is 3.03. The van der Waals surface area contributed by atoms with Crippen LogP contribution in [0.4, 0.5) is 0 Å². The van der Waals surface area contributed by atoms with E-state index in [2.05, 4.69) is 22.7 Å². The van der Waals surface area contributed by atoms with Crippen molar-refractivity contribution in [3.05, 3.63) is 83.6 Å². The number of carbonyl (C=O) groups excluding carboxylic acids is 2. The molecule has 2 aromatic rings. The van der Waals surface area contributed by atoms with Crippen molar-refractivity contribution in [1.29, 1.82) is 0 Å². The quantitative estimate of drug-likeness (QED) is 0.190. The summed E-state index contributed by atoms with van der Waals surface area (Å²) in [7, 11) is 0. The van der Waals surface area contributed by atoms with E-state index in [9.17, 15) is 9.59 Å². The van der Waals surface area contributed by atoms with Crippen molar-refractivity contribution in [1.82, 2.24) is 10.0 Å². The minimum Gasteiger partial charge on any atom is -0.460 e. The van der Waals surface area contributed by atoms with Gasteiger partial charge in [0, 0.05) is 23.6 Å². The van der Waals surface area contributed by atoms with E-state index in [1.54, 1.807) is 6.92 Å². The highest BCUT2D eigenvalue weighted by atomic mass is 32.2. The molecule has 2 N–H and O–H groups in total. The second-order valence-electron chi connectivity index (χ2n) is 6.67. The van der Waals surface area contributed by atoms with Gasteiger partial charge in [0.15, 0.2) is 0 Å². The van der Waals surface area contributed by atoms with Crippen LogP contribution in [0.5, 0.6) is 0 Å². The zero-order valence-electron chi connectivity index (χ0n) is 17.0. The molecule has 5 nitrogen and oxygen atoms in total. The topological polar surface area (TPSA) is 67.4 Å². The molecule has 0 amide bonds. The summed E-state index contributed by atoms with van der Waals surface area (Å²) in [6.45, 7) is 1.90. The van der Waals surface area contributed by atoms with Gasteiger partial charge in [0.05, 0.1) is 6.04 Å². The summed E-state index contributed by atoms with van der Waals surface area (Å²) < 4.78 is 8.45. The van der Waals surface area contributed by atoms with Crippen molar-refractivity contribution in [2.75, 3.05) is 18.1 Å². The van der Waals surface area contributed by atoms with Crippen LogP contribution in [0, 0.1) is 0 Å². The predicted molar refractivity (Wildman–Crippen MR) is 126 cm³/mol. The van der Waals surface area contributed by atoms with Crippen molar-refractivity contribution in [2.24, 2.45) is 0 Å². The lowest BCUT2D eigenvalue weighted by Gasteiger charge is -2.13. The molecule has 0 saturated heterocycles. The fourth-order valence-electron chi connectivity index (χ4n) is 2.54. The molecule has 0 aliphatic rings. The Balaban J connectivity index is 1.87. The maximum Gasteiger partial charge on any atom is 0.325 e. The number of hydrogen-bond donors (Lipinski definition) is 3. The smallest absolute Gasteiger partial charge is 0.325 e. The van der Waals surface area contributed by atoms with Gasteiger partial charge in [-0.15, -0.1) is 0 Å². The number of benzene rings is 2. The number of esters is 1. The molecule has 160 valence electrons. The van der Waals surface area contributed by atoms with E-state index in [1.165, 1.54) is 11.9 Å². The number of ketones is 1. The first kappa shape index (κ1) is 24.1. The van der Waals surface area contributed by atoms with Gasteiger partial charge in [0.25, 0.3) is 0 Å². The molecule has 2 aromatic carbocycles. The van der Waals surface area contributed by atoms with Gasteiger partial charge in [0.1, 0.15) is 18.9 Å².